The van der Waals surface area contributed by atoms with E-state index in [0.29, 0.717) is 22.8 Å². The molecule has 0 aliphatic rings. The van der Waals surface area contributed by atoms with Crippen LogP contribution in [0.25, 0.3) is 11.1 Å². The molecule has 24 heavy (non-hydrogen) atoms. The number of alkyl halides is 3. The van der Waals surface area contributed by atoms with Gasteiger partial charge in [0.15, 0.2) is 0 Å². The van der Waals surface area contributed by atoms with Crippen molar-refractivity contribution in [3.05, 3.63) is 66.5 Å². The van der Waals surface area contributed by atoms with E-state index in [1.54, 1.807) is 36.5 Å². The largest absolute Gasteiger partial charge is 0.418 e. The lowest BCUT2D eigenvalue weighted by Crippen LogP contribution is -2.08. The van der Waals surface area contributed by atoms with Crippen LogP contribution in [0.3, 0.4) is 0 Å². The number of nitrogens with two attached hydrogens (primary N) is 1. The summed E-state index contributed by atoms with van der Waals surface area (Å²) in [7, 11) is 0. The van der Waals surface area contributed by atoms with Crippen molar-refractivity contribution < 1.29 is 13.2 Å². The second-order valence-electron chi connectivity index (χ2n) is 5.07. The summed E-state index contributed by atoms with van der Waals surface area (Å²) in [4.78, 5) is 8.27. The van der Waals surface area contributed by atoms with Crippen molar-refractivity contribution in [2.24, 2.45) is 0 Å². The van der Waals surface area contributed by atoms with E-state index in [1.807, 2.05) is 6.07 Å². The number of halogens is 3. The summed E-state index contributed by atoms with van der Waals surface area (Å²) in [6.45, 7) is 0. The van der Waals surface area contributed by atoms with Crippen molar-refractivity contribution >= 4 is 17.3 Å². The Morgan fingerprint density at radius 3 is 2.29 bits per heavy atom. The van der Waals surface area contributed by atoms with Gasteiger partial charge >= 0.3 is 6.18 Å². The summed E-state index contributed by atoms with van der Waals surface area (Å²) in [6.07, 6.45) is -1.35. The second-order valence-corrected chi connectivity index (χ2v) is 5.07. The number of aromatic nitrogens is 2. The van der Waals surface area contributed by atoms with Gasteiger partial charge in [0.25, 0.3) is 0 Å². The van der Waals surface area contributed by atoms with E-state index in [4.69, 9.17) is 5.73 Å². The van der Waals surface area contributed by atoms with E-state index in [1.165, 1.54) is 12.3 Å². The molecule has 0 bridgehead atoms. The molecular formula is C17H13F3N4. The molecule has 0 unspecified atom stereocenters. The molecule has 3 rings (SSSR count). The van der Waals surface area contributed by atoms with E-state index >= 15 is 0 Å². The number of nitrogens with one attached hydrogen (secondary N) is 1. The second kappa shape index (κ2) is 6.19. The smallest absolute Gasteiger partial charge is 0.398 e. The standard InChI is InChI=1S/C17H13F3N4/c18-17(19,20)13-9-11(4-5-14(13)21)12-6-8-23-16(10-12)24-15-3-1-2-7-22-15/h1-10H,21H2,(H,22,23,24). The molecule has 3 aromatic rings. The predicted octanol–water partition coefficient (Wildman–Crippen LogP) is 4.49. The lowest BCUT2D eigenvalue weighted by molar-refractivity contribution is -0.136. The van der Waals surface area contributed by atoms with Gasteiger partial charge in [0.2, 0.25) is 0 Å². The molecule has 2 heterocycles. The number of nitrogens with zero attached hydrogens (tertiary/aromatic N) is 2. The summed E-state index contributed by atoms with van der Waals surface area (Å²) >= 11 is 0. The van der Waals surface area contributed by atoms with Gasteiger partial charge in [-0.05, 0) is 47.5 Å². The molecule has 2 aromatic heterocycles. The number of hydrogen-bond acceptors (Lipinski definition) is 4. The third-order valence-electron chi connectivity index (χ3n) is 3.37. The maximum absolute atomic E-state index is 13.0. The third-order valence-corrected chi connectivity index (χ3v) is 3.37. The van der Waals surface area contributed by atoms with E-state index in [2.05, 4.69) is 15.3 Å². The van der Waals surface area contributed by atoms with Crippen LogP contribution in [0.5, 0.6) is 0 Å². The van der Waals surface area contributed by atoms with Gasteiger partial charge in [-0.2, -0.15) is 13.2 Å². The minimum atomic E-state index is -4.50. The third kappa shape index (κ3) is 3.45. The highest BCUT2D eigenvalue weighted by atomic mass is 19.4. The molecule has 0 fully saturated rings. The summed E-state index contributed by atoms with van der Waals surface area (Å²) in [5.74, 6) is 1.08. The van der Waals surface area contributed by atoms with Crippen LogP contribution < -0.4 is 11.1 Å². The first-order chi connectivity index (χ1) is 11.4. The SMILES string of the molecule is Nc1ccc(-c2ccnc(Nc3ccccn3)c2)cc1C(F)(F)F. The molecule has 0 aliphatic carbocycles. The molecule has 0 spiro atoms. The zero-order valence-corrected chi connectivity index (χ0v) is 12.4. The zero-order valence-electron chi connectivity index (χ0n) is 12.4. The van der Waals surface area contributed by atoms with Gasteiger partial charge in [0.1, 0.15) is 11.6 Å². The topological polar surface area (TPSA) is 63.8 Å². The first-order valence-corrected chi connectivity index (χ1v) is 7.05. The van der Waals surface area contributed by atoms with Crippen LogP contribution >= 0.6 is 0 Å². The van der Waals surface area contributed by atoms with Gasteiger partial charge in [-0.15, -0.1) is 0 Å². The molecule has 3 N–H and O–H groups in total. The molecule has 7 heteroatoms. The Hall–Kier alpha value is -3.09. The van der Waals surface area contributed by atoms with Gasteiger partial charge in [-0.1, -0.05) is 12.1 Å². The summed E-state index contributed by atoms with van der Waals surface area (Å²) < 4.78 is 39.0. The summed E-state index contributed by atoms with van der Waals surface area (Å²) in [5.41, 5.74) is 5.28. The molecule has 0 atom stereocenters. The van der Waals surface area contributed by atoms with E-state index in [0.717, 1.165) is 6.07 Å². The first kappa shape index (κ1) is 15.8. The fraction of sp³-hybridized carbons (Fsp3) is 0.0588. The van der Waals surface area contributed by atoms with Crippen LogP contribution in [-0.4, -0.2) is 9.97 Å². The molecule has 0 radical (unpaired) electrons. The Morgan fingerprint density at radius 1 is 0.833 bits per heavy atom. The lowest BCUT2D eigenvalue weighted by Gasteiger charge is -2.12. The van der Waals surface area contributed by atoms with Gasteiger partial charge in [-0.25, -0.2) is 9.97 Å². The van der Waals surface area contributed by atoms with Gasteiger partial charge in [-0.3, -0.25) is 0 Å². The van der Waals surface area contributed by atoms with Crippen molar-refractivity contribution in [3.8, 4) is 11.1 Å². The Labute approximate surface area is 136 Å². The van der Waals surface area contributed by atoms with Gasteiger partial charge < -0.3 is 11.1 Å². The number of nitrogen functional groups attached to an aromatic ring is 1. The Kier molecular flexibility index (Phi) is 4.07. The molecule has 0 saturated carbocycles. The van der Waals surface area contributed by atoms with E-state index in [-0.39, 0.29) is 5.69 Å². The average Bonchev–Trinajstić information content (AvgIpc) is 2.55. The molecule has 4 nitrogen and oxygen atoms in total. The van der Waals surface area contributed by atoms with Gasteiger partial charge in [0, 0.05) is 18.1 Å². The highest BCUT2D eigenvalue weighted by Crippen LogP contribution is 2.36. The Morgan fingerprint density at radius 2 is 1.58 bits per heavy atom. The highest BCUT2D eigenvalue weighted by molar-refractivity contribution is 5.71. The van der Waals surface area contributed by atoms with Crippen LogP contribution in [-0.2, 0) is 6.18 Å². The summed E-state index contributed by atoms with van der Waals surface area (Å²) in [6, 6.07) is 12.5. The number of pyridine rings is 2. The van der Waals surface area contributed by atoms with Crippen LogP contribution in [0.15, 0.2) is 60.9 Å². The van der Waals surface area contributed by atoms with Crippen molar-refractivity contribution in [2.45, 2.75) is 6.18 Å². The fourth-order valence-corrected chi connectivity index (χ4v) is 2.23. The zero-order chi connectivity index (χ0) is 17.2. The van der Waals surface area contributed by atoms with Crippen LogP contribution in [0, 0.1) is 0 Å². The van der Waals surface area contributed by atoms with E-state index < -0.39 is 11.7 Å². The van der Waals surface area contributed by atoms with Crippen molar-refractivity contribution in [1.29, 1.82) is 0 Å². The van der Waals surface area contributed by atoms with Gasteiger partial charge in [0.05, 0.1) is 5.56 Å². The molecule has 0 amide bonds. The predicted molar refractivity (Wildman–Crippen MR) is 86.6 cm³/mol. The van der Waals surface area contributed by atoms with Crippen molar-refractivity contribution in [1.82, 2.24) is 9.97 Å². The Bertz CT molecular complexity index is 848. The number of hydrogen-bond donors (Lipinski definition) is 2. The molecular weight excluding hydrogens is 317 g/mol. The molecule has 0 saturated heterocycles. The normalized spacial score (nSPS) is 11.3. The maximum atomic E-state index is 13.0. The number of anilines is 3. The quantitative estimate of drug-likeness (QED) is 0.695. The average molecular weight is 330 g/mol. The molecule has 1 aromatic carbocycles. The van der Waals surface area contributed by atoms with Crippen LogP contribution in [0.1, 0.15) is 5.56 Å². The molecule has 0 aliphatic heterocycles. The van der Waals surface area contributed by atoms with E-state index in [9.17, 15) is 13.2 Å². The van der Waals surface area contributed by atoms with Crippen LogP contribution in [0.2, 0.25) is 0 Å². The van der Waals surface area contributed by atoms with Crippen molar-refractivity contribution in [3.63, 3.8) is 0 Å². The van der Waals surface area contributed by atoms with Crippen LogP contribution in [0.4, 0.5) is 30.5 Å². The Balaban J connectivity index is 1.95. The monoisotopic (exact) mass is 330 g/mol. The van der Waals surface area contributed by atoms with Crippen molar-refractivity contribution in [2.75, 3.05) is 11.1 Å². The number of benzene rings is 1. The minimum absolute atomic E-state index is 0.299. The fourth-order valence-electron chi connectivity index (χ4n) is 2.23. The number of rotatable bonds is 3. The molecule has 122 valence electrons. The maximum Gasteiger partial charge on any atom is 0.418 e. The first-order valence-electron chi connectivity index (χ1n) is 7.05. The summed E-state index contributed by atoms with van der Waals surface area (Å²) in [5, 5.41) is 3.00. The highest BCUT2D eigenvalue weighted by Gasteiger charge is 2.33. The minimum Gasteiger partial charge on any atom is -0.398 e. The lowest BCUT2D eigenvalue weighted by atomic mass is 10.0.